The Balaban J connectivity index is 2.54. The Bertz CT molecular complexity index is 371. The second kappa shape index (κ2) is 6.39. The molecule has 1 rings (SSSR count). The normalized spacial score (nSPS) is 10.9. The lowest BCUT2D eigenvalue weighted by atomic mass is 10.1. The van der Waals surface area contributed by atoms with Gasteiger partial charge in [-0.2, -0.15) is 5.10 Å². The number of amides is 1. The van der Waals surface area contributed by atoms with Crippen molar-refractivity contribution in [3.8, 4) is 0 Å². The van der Waals surface area contributed by atoms with Gasteiger partial charge >= 0.3 is 0 Å². The summed E-state index contributed by atoms with van der Waals surface area (Å²) in [6, 6.07) is 1.85. The predicted molar refractivity (Wildman–Crippen MR) is 68.2 cm³/mol. The molecule has 0 spiro atoms. The molecule has 0 unspecified atom stereocenters. The van der Waals surface area contributed by atoms with Crippen molar-refractivity contribution in [3.05, 3.63) is 17.5 Å². The summed E-state index contributed by atoms with van der Waals surface area (Å²) in [5, 5.41) is 10.2. The fourth-order valence-corrected chi connectivity index (χ4v) is 1.66. The van der Waals surface area contributed by atoms with Crippen LogP contribution in [0.3, 0.4) is 0 Å². The van der Waals surface area contributed by atoms with E-state index in [2.05, 4.69) is 29.6 Å². The molecular formula is C12H22N4O. The van der Waals surface area contributed by atoms with Crippen LogP contribution in [0.2, 0.25) is 0 Å². The van der Waals surface area contributed by atoms with E-state index in [1.54, 1.807) is 4.68 Å². The van der Waals surface area contributed by atoms with Gasteiger partial charge in [-0.05, 0) is 18.5 Å². The van der Waals surface area contributed by atoms with Gasteiger partial charge in [0.1, 0.15) is 5.69 Å². The number of aromatic nitrogens is 2. The van der Waals surface area contributed by atoms with Crippen LogP contribution in [0.25, 0.3) is 0 Å². The predicted octanol–water partition coefficient (Wildman–Crippen LogP) is 0.883. The standard InChI is InChI=1S/C12H22N4O/c1-5-13-6-7-14-12(17)10-8-11(9(2)3)16(4)15-10/h8-9,13H,5-7H2,1-4H3,(H,14,17). The first-order valence-electron chi connectivity index (χ1n) is 6.09. The molecular weight excluding hydrogens is 216 g/mol. The summed E-state index contributed by atoms with van der Waals surface area (Å²) in [4.78, 5) is 11.8. The molecule has 17 heavy (non-hydrogen) atoms. The minimum absolute atomic E-state index is 0.106. The van der Waals surface area contributed by atoms with Crippen molar-refractivity contribution in [1.29, 1.82) is 0 Å². The molecule has 0 saturated heterocycles. The van der Waals surface area contributed by atoms with E-state index in [-0.39, 0.29) is 5.91 Å². The summed E-state index contributed by atoms with van der Waals surface area (Å²) in [6.07, 6.45) is 0. The van der Waals surface area contributed by atoms with E-state index in [1.807, 2.05) is 20.0 Å². The summed E-state index contributed by atoms with van der Waals surface area (Å²) in [5.41, 5.74) is 1.56. The van der Waals surface area contributed by atoms with Gasteiger partial charge in [0.15, 0.2) is 0 Å². The number of carbonyl (C=O) groups excluding carboxylic acids is 1. The Morgan fingerprint density at radius 1 is 1.47 bits per heavy atom. The topological polar surface area (TPSA) is 58.9 Å². The van der Waals surface area contributed by atoms with Crippen LogP contribution >= 0.6 is 0 Å². The van der Waals surface area contributed by atoms with Gasteiger partial charge in [-0.1, -0.05) is 20.8 Å². The van der Waals surface area contributed by atoms with E-state index in [0.29, 0.717) is 18.2 Å². The number of carbonyl (C=O) groups is 1. The molecule has 96 valence electrons. The molecule has 0 fully saturated rings. The average molecular weight is 238 g/mol. The molecule has 0 saturated carbocycles. The molecule has 2 N–H and O–H groups in total. The third-order valence-electron chi connectivity index (χ3n) is 2.58. The molecule has 5 heteroatoms. The number of aryl methyl sites for hydroxylation is 1. The van der Waals surface area contributed by atoms with Crippen molar-refractivity contribution in [2.75, 3.05) is 19.6 Å². The van der Waals surface area contributed by atoms with Crippen molar-refractivity contribution >= 4 is 5.91 Å². The van der Waals surface area contributed by atoms with Crippen LogP contribution in [0.1, 0.15) is 42.9 Å². The average Bonchev–Trinajstić information content (AvgIpc) is 2.66. The van der Waals surface area contributed by atoms with Gasteiger partial charge in [0, 0.05) is 25.8 Å². The summed E-state index contributed by atoms with van der Waals surface area (Å²) < 4.78 is 1.77. The van der Waals surface area contributed by atoms with Crippen LogP contribution in [0.15, 0.2) is 6.07 Å². The highest BCUT2D eigenvalue weighted by Crippen LogP contribution is 2.14. The van der Waals surface area contributed by atoms with Gasteiger partial charge < -0.3 is 10.6 Å². The Kier molecular flexibility index (Phi) is 5.15. The maximum absolute atomic E-state index is 11.8. The van der Waals surface area contributed by atoms with Crippen molar-refractivity contribution < 1.29 is 4.79 Å². The lowest BCUT2D eigenvalue weighted by Crippen LogP contribution is -2.31. The lowest BCUT2D eigenvalue weighted by molar-refractivity contribution is 0.0948. The fourth-order valence-electron chi connectivity index (χ4n) is 1.66. The molecule has 0 radical (unpaired) electrons. The van der Waals surface area contributed by atoms with Gasteiger partial charge in [0.2, 0.25) is 0 Å². The van der Waals surface area contributed by atoms with Crippen LogP contribution in [-0.2, 0) is 7.05 Å². The van der Waals surface area contributed by atoms with Gasteiger partial charge in [0.05, 0.1) is 0 Å². The Morgan fingerprint density at radius 3 is 2.71 bits per heavy atom. The van der Waals surface area contributed by atoms with Crippen LogP contribution in [0.4, 0.5) is 0 Å². The van der Waals surface area contributed by atoms with E-state index < -0.39 is 0 Å². The van der Waals surface area contributed by atoms with Crippen molar-refractivity contribution in [2.24, 2.45) is 7.05 Å². The quantitative estimate of drug-likeness (QED) is 0.723. The molecule has 0 aromatic carbocycles. The maximum Gasteiger partial charge on any atom is 0.271 e. The second-order valence-electron chi connectivity index (χ2n) is 4.34. The number of nitrogens with zero attached hydrogens (tertiary/aromatic N) is 2. The van der Waals surface area contributed by atoms with Crippen LogP contribution < -0.4 is 10.6 Å². The first-order valence-corrected chi connectivity index (χ1v) is 6.09. The van der Waals surface area contributed by atoms with Gasteiger partial charge in [0.25, 0.3) is 5.91 Å². The third-order valence-corrected chi connectivity index (χ3v) is 2.58. The summed E-state index contributed by atoms with van der Waals surface area (Å²) in [5.74, 6) is 0.265. The summed E-state index contributed by atoms with van der Waals surface area (Å²) >= 11 is 0. The Morgan fingerprint density at radius 2 is 2.18 bits per heavy atom. The molecule has 5 nitrogen and oxygen atoms in total. The molecule has 1 aromatic heterocycles. The van der Waals surface area contributed by atoms with Crippen molar-refractivity contribution in [1.82, 2.24) is 20.4 Å². The molecule has 0 aliphatic heterocycles. The van der Waals surface area contributed by atoms with E-state index in [1.165, 1.54) is 0 Å². The van der Waals surface area contributed by atoms with Crippen molar-refractivity contribution in [3.63, 3.8) is 0 Å². The molecule has 0 atom stereocenters. The largest absolute Gasteiger partial charge is 0.349 e. The molecule has 1 aromatic rings. The Hall–Kier alpha value is -1.36. The zero-order chi connectivity index (χ0) is 12.8. The third kappa shape index (κ3) is 3.85. The monoisotopic (exact) mass is 238 g/mol. The zero-order valence-corrected chi connectivity index (χ0v) is 11.1. The van der Waals surface area contributed by atoms with Crippen LogP contribution in [-0.4, -0.2) is 35.3 Å². The Labute approximate surface area is 103 Å². The molecule has 1 amide bonds. The van der Waals surface area contributed by atoms with Crippen LogP contribution in [0, 0.1) is 0 Å². The van der Waals surface area contributed by atoms with Gasteiger partial charge in [-0.25, -0.2) is 0 Å². The minimum atomic E-state index is -0.106. The molecule has 0 bridgehead atoms. The zero-order valence-electron chi connectivity index (χ0n) is 11.1. The van der Waals surface area contributed by atoms with E-state index in [9.17, 15) is 4.79 Å². The molecule has 0 aliphatic carbocycles. The highest BCUT2D eigenvalue weighted by Gasteiger charge is 2.13. The smallest absolute Gasteiger partial charge is 0.271 e. The van der Waals surface area contributed by atoms with E-state index in [4.69, 9.17) is 0 Å². The van der Waals surface area contributed by atoms with Crippen molar-refractivity contribution in [2.45, 2.75) is 26.7 Å². The van der Waals surface area contributed by atoms with Gasteiger partial charge in [-0.15, -0.1) is 0 Å². The number of nitrogens with one attached hydrogen (secondary N) is 2. The van der Waals surface area contributed by atoms with Gasteiger partial charge in [-0.3, -0.25) is 9.48 Å². The second-order valence-corrected chi connectivity index (χ2v) is 4.34. The number of likely N-dealkylation sites (N-methyl/N-ethyl adjacent to an activating group) is 1. The lowest BCUT2D eigenvalue weighted by Gasteiger charge is -2.02. The first-order chi connectivity index (χ1) is 8.06. The summed E-state index contributed by atoms with van der Waals surface area (Å²) in [7, 11) is 1.87. The molecule has 1 heterocycles. The van der Waals surface area contributed by atoms with E-state index in [0.717, 1.165) is 18.8 Å². The minimum Gasteiger partial charge on any atom is -0.349 e. The highest BCUT2D eigenvalue weighted by atomic mass is 16.1. The van der Waals surface area contributed by atoms with E-state index >= 15 is 0 Å². The highest BCUT2D eigenvalue weighted by molar-refractivity contribution is 5.92. The summed E-state index contributed by atoms with van der Waals surface area (Å²) in [6.45, 7) is 8.53. The fraction of sp³-hybridized carbons (Fsp3) is 0.667. The number of hydrogen-bond acceptors (Lipinski definition) is 3. The molecule has 0 aliphatic rings. The number of rotatable bonds is 6. The number of hydrogen-bond donors (Lipinski definition) is 2. The van der Waals surface area contributed by atoms with Crippen LogP contribution in [0.5, 0.6) is 0 Å². The first kappa shape index (κ1) is 13.7. The SMILES string of the molecule is CCNCCNC(=O)c1cc(C(C)C)n(C)n1. The maximum atomic E-state index is 11.8.